The Morgan fingerprint density at radius 2 is 1.75 bits per heavy atom. The maximum Gasteiger partial charge on any atom is 0.254 e. The van der Waals surface area contributed by atoms with Crippen molar-refractivity contribution < 1.29 is 14.3 Å². The van der Waals surface area contributed by atoms with Crippen LogP contribution in [0, 0.1) is 11.8 Å². The van der Waals surface area contributed by atoms with Crippen molar-refractivity contribution in [2.24, 2.45) is 11.8 Å². The Labute approximate surface area is 119 Å². The molecular formula is C16H21NO3. The fourth-order valence-corrected chi connectivity index (χ4v) is 3.19. The van der Waals surface area contributed by atoms with Crippen molar-refractivity contribution in [3.63, 3.8) is 0 Å². The van der Waals surface area contributed by atoms with E-state index in [0.717, 1.165) is 18.8 Å². The van der Waals surface area contributed by atoms with E-state index < -0.39 is 0 Å². The summed E-state index contributed by atoms with van der Waals surface area (Å²) < 4.78 is 11.0. The Kier molecular flexibility index (Phi) is 3.55. The summed E-state index contributed by atoms with van der Waals surface area (Å²) in [6, 6.07) is 5.47. The molecule has 2 atom stereocenters. The smallest absolute Gasteiger partial charge is 0.254 e. The van der Waals surface area contributed by atoms with Crippen LogP contribution in [0.15, 0.2) is 18.2 Å². The van der Waals surface area contributed by atoms with Gasteiger partial charge in [0.25, 0.3) is 5.91 Å². The minimum absolute atomic E-state index is 0.0976. The summed E-state index contributed by atoms with van der Waals surface area (Å²) in [5, 5.41) is 0. The largest absolute Gasteiger partial charge is 0.486 e. The average Bonchev–Trinajstić information content (AvgIpc) is 2.45. The minimum atomic E-state index is 0.0976. The molecule has 0 bridgehead atoms. The highest BCUT2D eigenvalue weighted by molar-refractivity contribution is 5.95. The zero-order valence-corrected chi connectivity index (χ0v) is 12.1. The number of carbonyl (C=O) groups is 1. The Bertz CT molecular complexity index is 504. The molecule has 1 aromatic rings. The van der Waals surface area contributed by atoms with Crippen LogP contribution in [0.5, 0.6) is 11.5 Å². The molecule has 20 heavy (non-hydrogen) atoms. The lowest BCUT2D eigenvalue weighted by Crippen LogP contribution is -2.42. The number of ether oxygens (including phenoxy) is 2. The van der Waals surface area contributed by atoms with Crippen molar-refractivity contribution in [1.29, 1.82) is 0 Å². The highest BCUT2D eigenvalue weighted by Gasteiger charge is 2.26. The maximum atomic E-state index is 12.6. The number of hydrogen-bond acceptors (Lipinski definition) is 3. The van der Waals surface area contributed by atoms with Gasteiger partial charge in [-0.25, -0.2) is 0 Å². The fraction of sp³-hybridized carbons (Fsp3) is 0.562. The zero-order valence-electron chi connectivity index (χ0n) is 12.1. The molecule has 1 amide bonds. The van der Waals surface area contributed by atoms with E-state index in [2.05, 4.69) is 13.8 Å². The van der Waals surface area contributed by atoms with Crippen molar-refractivity contribution >= 4 is 5.91 Å². The average molecular weight is 275 g/mol. The summed E-state index contributed by atoms with van der Waals surface area (Å²) >= 11 is 0. The van der Waals surface area contributed by atoms with Gasteiger partial charge in [-0.05, 0) is 36.5 Å². The van der Waals surface area contributed by atoms with E-state index in [1.54, 1.807) is 6.07 Å². The molecule has 3 rings (SSSR count). The summed E-state index contributed by atoms with van der Waals surface area (Å²) in [6.45, 7) is 7.22. The predicted octanol–water partition coefficient (Wildman–Crippen LogP) is 2.58. The lowest BCUT2D eigenvalue weighted by atomic mass is 9.91. The van der Waals surface area contributed by atoms with Crippen LogP contribution in [0.2, 0.25) is 0 Å². The number of fused-ring (bicyclic) bond motifs is 1. The molecule has 2 aliphatic rings. The minimum Gasteiger partial charge on any atom is -0.486 e. The van der Waals surface area contributed by atoms with Crippen molar-refractivity contribution in [2.75, 3.05) is 26.3 Å². The second-order valence-corrected chi connectivity index (χ2v) is 6.01. The quantitative estimate of drug-likeness (QED) is 0.790. The lowest BCUT2D eigenvalue weighted by molar-refractivity contribution is 0.0622. The van der Waals surface area contributed by atoms with Crippen molar-refractivity contribution in [3.05, 3.63) is 23.8 Å². The van der Waals surface area contributed by atoms with Crippen LogP contribution in [-0.2, 0) is 0 Å². The molecule has 108 valence electrons. The fourth-order valence-electron chi connectivity index (χ4n) is 3.19. The van der Waals surface area contributed by atoms with Gasteiger partial charge in [0.1, 0.15) is 13.2 Å². The summed E-state index contributed by atoms with van der Waals surface area (Å²) in [6.07, 6.45) is 1.20. The van der Waals surface area contributed by atoms with Crippen LogP contribution >= 0.6 is 0 Å². The number of piperidine rings is 1. The molecule has 0 aliphatic carbocycles. The van der Waals surface area contributed by atoms with E-state index in [1.165, 1.54) is 6.42 Å². The van der Waals surface area contributed by atoms with Gasteiger partial charge >= 0.3 is 0 Å². The summed E-state index contributed by atoms with van der Waals surface area (Å²) in [4.78, 5) is 14.6. The van der Waals surface area contributed by atoms with E-state index in [-0.39, 0.29) is 5.91 Å². The Balaban J connectivity index is 1.79. The van der Waals surface area contributed by atoms with Gasteiger partial charge < -0.3 is 14.4 Å². The molecule has 2 aliphatic heterocycles. The Hall–Kier alpha value is -1.71. The van der Waals surface area contributed by atoms with Gasteiger partial charge in [-0.1, -0.05) is 13.8 Å². The summed E-state index contributed by atoms with van der Waals surface area (Å²) in [7, 11) is 0. The first-order chi connectivity index (χ1) is 9.63. The molecule has 1 fully saturated rings. The van der Waals surface area contributed by atoms with E-state index >= 15 is 0 Å². The summed E-state index contributed by atoms with van der Waals surface area (Å²) in [5.41, 5.74) is 0.690. The third kappa shape index (κ3) is 2.60. The van der Waals surface area contributed by atoms with Gasteiger partial charge in [0.2, 0.25) is 0 Å². The first kappa shape index (κ1) is 13.3. The Morgan fingerprint density at radius 3 is 2.45 bits per heavy atom. The van der Waals surface area contributed by atoms with Crippen molar-refractivity contribution in [3.8, 4) is 11.5 Å². The topological polar surface area (TPSA) is 38.8 Å². The summed E-state index contributed by atoms with van der Waals surface area (Å²) in [5.74, 6) is 2.65. The first-order valence-electron chi connectivity index (χ1n) is 7.32. The molecule has 0 aromatic heterocycles. The van der Waals surface area contributed by atoms with Crippen LogP contribution in [0.4, 0.5) is 0 Å². The number of carbonyl (C=O) groups excluding carboxylic acids is 1. The number of benzene rings is 1. The van der Waals surface area contributed by atoms with E-state index in [1.807, 2.05) is 17.0 Å². The van der Waals surface area contributed by atoms with Crippen molar-refractivity contribution in [2.45, 2.75) is 20.3 Å². The molecule has 4 heteroatoms. The number of likely N-dealkylation sites (tertiary alicyclic amines) is 1. The van der Waals surface area contributed by atoms with Crippen LogP contribution in [-0.4, -0.2) is 37.1 Å². The van der Waals surface area contributed by atoms with Gasteiger partial charge in [0.15, 0.2) is 11.5 Å². The van der Waals surface area contributed by atoms with Gasteiger partial charge in [-0.3, -0.25) is 4.79 Å². The molecule has 2 heterocycles. The standard InChI is InChI=1S/C16H21NO3/c1-11-7-12(2)10-17(9-11)16(18)13-3-4-14-15(8-13)20-6-5-19-14/h3-4,8,11-12H,5-7,9-10H2,1-2H3/t11-,12-/m0/s1. The second kappa shape index (κ2) is 5.35. The highest BCUT2D eigenvalue weighted by Crippen LogP contribution is 2.31. The van der Waals surface area contributed by atoms with E-state index in [9.17, 15) is 4.79 Å². The monoisotopic (exact) mass is 275 g/mol. The molecule has 1 aromatic carbocycles. The molecule has 0 radical (unpaired) electrons. The number of nitrogens with zero attached hydrogens (tertiary/aromatic N) is 1. The van der Waals surface area contributed by atoms with Gasteiger partial charge in [-0.2, -0.15) is 0 Å². The molecule has 0 saturated carbocycles. The third-order valence-corrected chi connectivity index (χ3v) is 3.95. The molecular weight excluding hydrogens is 254 g/mol. The second-order valence-electron chi connectivity index (χ2n) is 6.01. The SMILES string of the molecule is C[C@H]1C[C@H](C)CN(C(=O)c2ccc3c(c2)OCCO3)C1. The van der Waals surface area contributed by atoms with Gasteiger partial charge in [-0.15, -0.1) is 0 Å². The van der Waals surface area contributed by atoms with Gasteiger partial charge in [0.05, 0.1) is 0 Å². The van der Waals surface area contributed by atoms with Crippen LogP contribution in [0.25, 0.3) is 0 Å². The normalized spacial score (nSPS) is 25.4. The molecule has 0 unspecified atom stereocenters. The molecule has 0 N–H and O–H groups in total. The van der Waals surface area contributed by atoms with Gasteiger partial charge in [0, 0.05) is 18.7 Å². The van der Waals surface area contributed by atoms with E-state index in [4.69, 9.17) is 9.47 Å². The number of rotatable bonds is 1. The lowest BCUT2D eigenvalue weighted by Gasteiger charge is -2.35. The predicted molar refractivity (Wildman–Crippen MR) is 76.3 cm³/mol. The zero-order chi connectivity index (χ0) is 14.1. The molecule has 1 saturated heterocycles. The number of amides is 1. The Morgan fingerprint density at radius 1 is 1.10 bits per heavy atom. The van der Waals surface area contributed by atoms with Crippen LogP contribution in [0.1, 0.15) is 30.6 Å². The maximum absolute atomic E-state index is 12.6. The van der Waals surface area contributed by atoms with Crippen LogP contribution < -0.4 is 9.47 Å². The number of hydrogen-bond donors (Lipinski definition) is 0. The highest BCUT2D eigenvalue weighted by atomic mass is 16.6. The first-order valence-corrected chi connectivity index (χ1v) is 7.32. The van der Waals surface area contributed by atoms with Crippen LogP contribution in [0.3, 0.4) is 0 Å². The third-order valence-electron chi connectivity index (χ3n) is 3.95. The molecule has 4 nitrogen and oxygen atoms in total. The molecule has 0 spiro atoms. The van der Waals surface area contributed by atoms with Crippen molar-refractivity contribution in [1.82, 2.24) is 4.90 Å². The van der Waals surface area contributed by atoms with E-state index in [0.29, 0.717) is 36.4 Å².